The molecule has 0 aromatic heterocycles. The zero-order valence-corrected chi connectivity index (χ0v) is 26.0. The van der Waals surface area contributed by atoms with Crippen LogP contribution >= 0.6 is 55.1 Å². The van der Waals surface area contributed by atoms with Crippen LogP contribution in [0.4, 0.5) is 8.78 Å². The average molecular weight is 717 g/mol. The van der Waals surface area contributed by atoms with E-state index in [4.69, 9.17) is 23.2 Å². The van der Waals surface area contributed by atoms with Crippen molar-refractivity contribution < 1.29 is 17.2 Å². The van der Waals surface area contributed by atoms with Gasteiger partial charge < -0.3 is 0 Å². The summed E-state index contributed by atoms with van der Waals surface area (Å²) >= 11 is 20.2. The highest BCUT2D eigenvalue weighted by atomic mass is 79.9. The van der Waals surface area contributed by atoms with Gasteiger partial charge in [0.2, 0.25) is 0 Å². The molecule has 2 aromatic rings. The molecule has 0 bridgehead atoms. The van der Waals surface area contributed by atoms with E-state index in [1.165, 1.54) is 12.1 Å². The van der Waals surface area contributed by atoms with Crippen molar-refractivity contribution in [1.29, 1.82) is 0 Å². The summed E-state index contributed by atoms with van der Waals surface area (Å²) < 4.78 is 52.6. The molecule has 0 amide bonds. The van der Waals surface area contributed by atoms with Crippen molar-refractivity contribution in [2.75, 3.05) is 11.5 Å². The van der Waals surface area contributed by atoms with Crippen LogP contribution in [0.2, 0.25) is 0 Å². The summed E-state index contributed by atoms with van der Waals surface area (Å²) in [4.78, 5) is 0. The zero-order valence-electron chi connectivity index (χ0n) is 20.5. The summed E-state index contributed by atoms with van der Waals surface area (Å²) in [7, 11) is -3.56. The van der Waals surface area contributed by atoms with E-state index >= 15 is 0 Å². The first kappa shape index (κ1) is 30.2. The van der Waals surface area contributed by atoms with E-state index in [2.05, 4.69) is 31.9 Å². The van der Waals surface area contributed by atoms with Crippen molar-refractivity contribution in [3.05, 3.63) is 130 Å². The van der Waals surface area contributed by atoms with E-state index in [0.717, 1.165) is 0 Å². The van der Waals surface area contributed by atoms with Crippen LogP contribution in [-0.2, 0) is 9.84 Å². The molecule has 0 spiro atoms. The van der Waals surface area contributed by atoms with Gasteiger partial charge in [0.25, 0.3) is 0 Å². The van der Waals surface area contributed by atoms with E-state index in [0.29, 0.717) is 21.2 Å². The van der Waals surface area contributed by atoms with Gasteiger partial charge in [0, 0.05) is 33.0 Å². The minimum atomic E-state index is -3.56. The Morgan fingerprint density at radius 3 is 1.49 bits per heavy atom. The Hall–Kier alpha value is -1.77. The number of hydrogen-bond donors (Lipinski definition) is 0. The molecule has 2 aliphatic carbocycles. The molecular weight excluding hydrogens is 693 g/mol. The maximum atomic E-state index is 13.9. The van der Waals surface area contributed by atoms with Crippen molar-refractivity contribution >= 4 is 77.1 Å². The Morgan fingerprint density at radius 1 is 0.744 bits per heavy atom. The minimum Gasteiger partial charge on any atom is -0.229 e. The number of sulfone groups is 1. The number of rotatable bonds is 8. The Morgan fingerprint density at radius 2 is 1.13 bits per heavy atom. The fourth-order valence-corrected chi connectivity index (χ4v) is 8.17. The first-order chi connectivity index (χ1) is 18.4. The molecule has 0 fully saturated rings. The Labute approximate surface area is 254 Å². The largest absolute Gasteiger partial charge is 0.229 e. The van der Waals surface area contributed by atoms with Crippen molar-refractivity contribution in [3.8, 4) is 0 Å². The third kappa shape index (κ3) is 8.14. The normalized spacial score (nSPS) is 27.2. The van der Waals surface area contributed by atoms with E-state index in [1.807, 2.05) is 0 Å². The number of hydrogen-bond acceptors (Lipinski definition) is 2. The maximum absolute atomic E-state index is 13.9. The molecule has 0 aliphatic heterocycles. The fourth-order valence-electron chi connectivity index (χ4n) is 4.19. The minimum absolute atomic E-state index is 0.180. The molecule has 39 heavy (non-hydrogen) atoms. The van der Waals surface area contributed by atoms with Crippen LogP contribution in [0.1, 0.15) is 11.1 Å². The van der Waals surface area contributed by atoms with Crippen LogP contribution in [0.25, 0.3) is 12.2 Å². The second-order valence-corrected chi connectivity index (χ2v) is 15.2. The topological polar surface area (TPSA) is 34.1 Å². The summed E-state index contributed by atoms with van der Waals surface area (Å²) in [6.45, 7) is 0. The number of alkyl halides is 2. The van der Waals surface area contributed by atoms with E-state index in [1.54, 1.807) is 97.2 Å². The molecular formula is C30H24Br2Cl2F2O2S. The molecule has 4 atom stereocenters. The molecule has 9 heteroatoms. The van der Waals surface area contributed by atoms with Crippen LogP contribution < -0.4 is 0 Å². The lowest BCUT2D eigenvalue weighted by Gasteiger charge is -2.26. The first-order valence-corrected chi connectivity index (χ1v) is 16.1. The van der Waals surface area contributed by atoms with Gasteiger partial charge in [-0.2, -0.15) is 0 Å². The Balaban J connectivity index is 1.40. The summed E-state index contributed by atoms with van der Waals surface area (Å²) in [6, 6.07) is 12.8. The van der Waals surface area contributed by atoms with Gasteiger partial charge in [-0.05, 0) is 24.3 Å². The lowest BCUT2D eigenvalue weighted by molar-refractivity contribution is 0.585. The van der Waals surface area contributed by atoms with Gasteiger partial charge in [0.1, 0.15) is 11.6 Å². The number of allylic oxidation sites excluding steroid dienone is 10. The lowest BCUT2D eigenvalue weighted by Crippen LogP contribution is -2.27. The molecule has 0 saturated carbocycles. The fraction of sp³-hybridized carbons (Fsp3) is 0.200. The molecule has 2 aromatic carbocycles. The standard InChI is InChI=1S/C30H24Br2Cl2F2O2S/c31-29(13-9-21-5-1-3-7-27(21)35)15-11-23(25(33)17-29)19-39(37,38)20-24-12-16-30(32,18-26(24)34)14-10-22-6-2-4-8-28(22)36/h1-18,23-24H,19-20H2/b13-9+,14-10+. The third-order valence-corrected chi connectivity index (χ3v) is 10.3. The predicted molar refractivity (Wildman–Crippen MR) is 166 cm³/mol. The molecule has 0 radical (unpaired) electrons. The van der Waals surface area contributed by atoms with E-state index in [9.17, 15) is 17.2 Å². The highest BCUT2D eigenvalue weighted by Gasteiger charge is 2.32. The quantitative estimate of drug-likeness (QED) is 0.202. The van der Waals surface area contributed by atoms with Crippen LogP contribution in [0.15, 0.2) is 107 Å². The summed E-state index contributed by atoms with van der Waals surface area (Å²) in [5.74, 6) is -2.07. The molecule has 0 N–H and O–H groups in total. The molecule has 0 heterocycles. The molecule has 2 nitrogen and oxygen atoms in total. The molecule has 204 valence electrons. The predicted octanol–water partition coefficient (Wildman–Crippen LogP) is 8.99. The van der Waals surface area contributed by atoms with Crippen molar-refractivity contribution in [1.82, 2.24) is 0 Å². The van der Waals surface area contributed by atoms with Crippen LogP contribution in [0.5, 0.6) is 0 Å². The molecule has 0 saturated heterocycles. The van der Waals surface area contributed by atoms with Crippen molar-refractivity contribution in [2.45, 2.75) is 8.65 Å². The monoisotopic (exact) mass is 714 g/mol. The van der Waals surface area contributed by atoms with Gasteiger partial charge in [0.15, 0.2) is 9.84 Å². The smallest absolute Gasteiger partial charge is 0.152 e. The summed E-state index contributed by atoms with van der Waals surface area (Å²) in [5.41, 5.74) is 0.860. The molecule has 4 rings (SSSR count). The Bertz CT molecular complexity index is 1420. The summed E-state index contributed by atoms with van der Waals surface area (Å²) in [6.07, 6.45) is 17.3. The maximum Gasteiger partial charge on any atom is 0.152 e. The van der Waals surface area contributed by atoms with Gasteiger partial charge in [-0.15, -0.1) is 0 Å². The highest BCUT2D eigenvalue weighted by molar-refractivity contribution is 9.10. The Kier molecular flexibility index (Phi) is 9.60. The van der Waals surface area contributed by atoms with Gasteiger partial charge in [-0.1, -0.05) is 140 Å². The first-order valence-electron chi connectivity index (χ1n) is 12.0. The van der Waals surface area contributed by atoms with Gasteiger partial charge >= 0.3 is 0 Å². The SMILES string of the molecule is O=S(=O)(CC1C=CC(Br)(/C=C/c2ccccc2F)C=C1Cl)CC1C=CC(Br)(/C=C/c2ccccc2F)C=C1Cl. The average Bonchev–Trinajstić information content (AvgIpc) is 2.87. The van der Waals surface area contributed by atoms with Crippen LogP contribution in [-0.4, -0.2) is 28.6 Å². The highest BCUT2D eigenvalue weighted by Crippen LogP contribution is 2.38. The van der Waals surface area contributed by atoms with Crippen molar-refractivity contribution in [3.63, 3.8) is 0 Å². The summed E-state index contributed by atoms with van der Waals surface area (Å²) in [5, 5.41) is 0.740. The number of benzene rings is 2. The molecule has 4 unspecified atom stereocenters. The van der Waals surface area contributed by atoms with Crippen LogP contribution in [0.3, 0.4) is 0 Å². The van der Waals surface area contributed by atoms with Crippen molar-refractivity contribution in [2.24, 2.45) is 11.8 Å². The second-order valence-electron chi connectivity index (χ2n) is 9.43. The zero-order chi connectivity index (χ0) is 28.3. The number of halogens is 6. The van der Waals surface area contributed by atoms with Gasteiger partial charge in [-0.3, -0.25) is 0 Å². The van der Waals surface area contributed by atoms with Gasteiger partial charge in [0.05, 0.1) is 20.2 Å². The molecule has 2 aliphatic rings. The van der Waals surface area contributed by atoms with E-state index in [-0.39, 0.29) is 23.1 Å². The second kappa shape index (κ2) is 12.4. The third-order valence-electron chi connectivity index (χ3n) is 6.31. The van der Waals surface area contributed by atoms with E-state index < -0.39 is 30.3 Å². The lowest BCUT2D eigenvalue weighted by atomic mass is 9.95. The van der Waals surface area contributed by atoms with Gasteiger partial charge in [-0.25, -0.2) is 17.2 Å². The van der Waals surface area contributed by atoms with Crippen LogP contribution in [0, 0.1) is 23.5 Å².